The number of benzene rings is 1. The van der Waals surface area contributed by atoms with Gasteiger partial charge in [-0.05, 0) is 30.4 Å². The third-order valence-corrected chi connectivity index (χ3v) is 5.33. The summed E-state index contributed by atoms with van der Waals surface area (Å²) in [6.07, 6.45) is 0. The zero-order valence-electron chi connectivity index (χ0n) is 12.5. The predicted molar refractivity (Wildman–Crippen MR) is 84.7 cm³/mol. The minimum absolute atomic E-state index is 0.310. The Hall–Kier alpha value is -0.930. The van der Waals surface area contributed by atoms with Gasteiger partial charge >= 0.3 is 0 Å². The van der Waals surface area contributed by atoms with Gasteiger partial charge in [0.15, 0.2) is 0 Å². The van der Waals surface area contributed by atoms with Crippen LogP contribution in [-0.2, 0) is 0 Å². The van der Waals surface area contributed by atoms with Gasteiger partial charge in [-0.3, -0.25) is 0 Å². The fourth-order valence-corrected chi connectivity index (χ4v) is 2.78. The van der Waals surface area contributed by atoms with Gasteiger partial charge in [-0.25, -0.2) is 4.98 Å². The van der Waals surface area contributed by atoms with Gasteiger partial charge in [0, 0.05) is 6.54 Å². The van der Waals surface area contributed by atoms with E-state index in [0.29, 0.717) is 17.4 Å². The number of nitrogens with one attached hydrogen (secondary N) is 1. The lowest BCUT2D eigenvalue weighted by atomic mass is 9.81. The van der Waals surface area contributed by atoms with Crippen molar-refractivity contribution in [1.29, 1.82) is 0 Å². The quantitative estimate of drug-likeness (QED) is 0.861. The fourth-order valence-electron chi connectivity index (χ4n) is 1.78. The molecular weight excluding hydrogens is 252 g/mol. The molecule has 0 aliphatic carbocycles. The minimum atomic E-state index is 0.310. The Morgan fingerprint density at radius 2 is 1.89 bits per heavy atom. The van der Waals surface area contributed by atoms with Gasteiger partial charge in [-0.1, -0.05) is 39.8 Å². The molecule has 3 heteroatoms. The zero-order chi connectivity index (χ0) is 14.0. The molecule has 0 aliphatic heterocycles. The van der Waals surface area contributed by atoms with E-state index in [2.05, 4.69) is 58.1 Å². The number of fused-ring (bicyclic) bond motifs is 1. The summed E-state index contributed by atoms with van der Waals surface area (Å²) in [5, 5.41) is 4.81. The minimum Gasteiger partial charge on any atom is -0.308 e. The standard InChI is InChI=1S/C16H24N2S/c1-11(2)16(4,5)10-17-12(3)15-18-13-8-6-7-9-14(13)19-15/h6-9,11-12,17H,10H2,1-5H3. The lowest BCUT2D eigenvalue weighted by Crippen LogP contribution is -2.34. The molecule has 0 saturated carbocycles. The van der Waals surface area contributed by atoms with Crippen LogP contribution in [0.25, 0.3) is 10.2 Å². The summed E-state index contributed by atoms with van der Waals surface area (Å²) < 4.78 is 1.27. The molecule has 2 rings (SSSR count). The Morgan fingerprint density at radius 3 is 2.53 bits per heavy atom. The van der Waals surface area contributed by atoms with Gasteiger partial charge in [0.2, 0.25) is 0 Å². The second-order valence-corrected chi connectivity index (χ2v) is 7.33. The van der Waals surface area contributed by atoms with Crippen LogP contribution in [0.15, 0.2) is 24.3 Å². The largest absolute Gasteiger partial charge is 0.308 e. The summed E-state index contributed by atoms with van der Waals surface area (Å²) in [6, 6.07) is 8.66. The van der Waals surface area contributed by atoms with Crippen molar-refractivity contribution < 1.29 is 0 Å². The maximum absolute atomic E-state index is 4.71. The molecule has 0 radical (unpaired) electrons. The molecule has 2 aromatic rings. The van der Waals surface area contributed by atoms with Crippen LogP contribution in [0.2, 0.25) is 0 Å². The number of nitrogens with zero attached hydrogens (tertiary/aromatic N) is 1. The van der Waals surface area contributed by atoms with Crippen molar-refractivity contribution in [2.24, 2.45) is 11.3 Å². The maximum atomic E-state index is 4.71. The van der Waals surface area contributed by atoms with Crippen molar-refractivity contribution in [2.75, 3.05) is 6.54 Å². The summed E-state index contributed by atoms with van der Waals surface area (Å²) in [5.74, 6) is 0.669. The summed E-state index contributed by atoms with van der Waals surface area (Å²) in [4.78, 5) is 4.71. The first kappa shape index (κ1) is 14.5. The van der Waals surface area contributed by atoms with Gasteiger partial charge in [-0.2, -0.15) is 0 Å². The molecule has 1 atom stereocenters. The SMILES string of the molecule is CC(NCC(C)(C)C(C)C)c1nc2ccccc2s1. The molecule has 1 unspecified atom stereocenters. The van der Waals surface area contributed by atoms with Gasteiger partial charge in [0.05, 0.1) is 16.3 Å². The van der Waals surface area contributed by atoms with E-state index in [1.165, 1.54) is 9.71 Å². The van der Waals surface area contributed by atoms with Gasteiger partial charge in [0.25, 0.3) is 0 Å². The molecule has 1 aromatic carbocycles. The first-order chi connectivity index (χ1) is 8.90. The Bertz CT molecular complexity index is 509. The monoisotopic (exact) mass is 276 g/mol. The molecule has 104 valence electrons. The normalized spacial score (nSPS) is 14.2. The Kier molecular flexibility index (Phi) is 4.26. The number of para-hydroxylation sites is 1. The maximum Gasteiger partial charge on any atom is 0.111 e. The van der Waals surface area contributed by atoms with Crippen LogP contribution in [0.1, 0.15) is 45.7 Å². The third kappa shape index (κ3) is 3.34. The lowest BCUT2D eigenvalue weighted by molar-refractivity contribution is 0.230. The summed E-state index contributed by atoms with van der Waals surface area (Å²) >= 11 is 1.79. The van der Waals surface area contributed by atoms with Crippen molar-refractivity contribution in [2.45, 2.75) is 40.7 Å². The van der Waals surface area contributed by atoms with E-state index in [9.17, 15) is 0 Å². The van der Waals surface area contributed by atoms with Crippen LogP contribution in [0.3, 0.4) is 0 Å². The summed E-state index contributed by atoms with van der Waals surface area (Å²) in [7, 11) is 0. The highest BCUT2D eigenvalue weighted by atomic mass is 32.1. The van der Waals surface area contributed by atoms with Crippen LogP contribution in [0.4, 0.5) is 0 Å². The Morgan fingerprint density at radius 1 is 1.21 bits per heavy atom. The van der Waals surface area contributed by atoms with Crippen LogP contribution in [0.5, 0.6) is 0 Å². The average molecular weight is 276 g/mol. The van der Waals surface area contributed by atoms with Crippen molar-refractivity contribution in [3.8, 4) is 0 Å². The topological polar surface area (TPSA) is 24.9 Å². The number of aromatic nitrogens is 1. The molecule has 0 amide bonds. The number of hydrogen-bond acceptors (Lipinski definition) is 3. The van der Waals surface area contributed by atoms with E-state index in [4.69, 9.17) is 4.98 Å². The smallest absolute Gasteiger partial charge is 0.111 e. The first-order valence-corrected chi connectivity index (χ1v) is 7.80. The van der Waals surface area contributed by atoms with E-state index in [1.54, 1.807) is 11.3 Å². The fraction of sp³-hybridized carbons (Fsp3) is 0.562. The van der Waals surface area contributed by atoms with Gasteiger partial charge < -0.3 is 5.32 Å². The molecule has 19 heavy (non-hydrogen) atoms. The van der Waals surface area contributed by atoms with E-state index in [-0.39, 0.29) is 0 Å². The number of thiazole rings is 1. The van der Waals surface area contributed by atoms with E-state index in [0.717, 1.165) is 12.1 Å². The van der Waals surface area contributed by atoms with Crippen molar-refractivity contribution in [3.05, 3.63) is 29.3 Å². The number of rotatable bonds is 5. The third-order valence-electron chi connectivity index (χ3n) is 4.11. The molecule has 1 heterocycles. The predicted octanol–water partition coefficient (Wildman–Crippen LogP) is 4.63. The molecule has 2 nitrogen and oxygen atoms in total. The highest BCUT2D eigenvalue weighted by Crippen LogP contribution is 2.28. The summed E-state index contributed by atoms with van der Waals surface area (Å²) in [5.41, 5.74) is 1.42. The zero-order valence-corrected chi connectivity index (χ0v) is 13.3. The average Bonchev–Trinajstić information content (AvgIpc) is 2.79. The second-order valence-electron chi connectivity index (χ2n) is 6.27. The molecule has 0 aliphatic rings. The van der Waals surface area contributed by atoms with Crippen LogP contribution >= 0.6 is 11.3 Å². The first-order valence-electron chi connectivity index (χ1n) is 6.99. The van der Waals surface area contributed by atoms with Crippen molar-refractivity contribution in [1.82, 2.24) is 10.3 Å². The highest BCUT2D eigenvalue weighted by Gasteiger charge is 2.23. The molecular formula is C16H24N2S. The Labute approximate surface area is 120 Å². The second kappa shape index (κ2) is 5.59. The van der Waals surface area contributed by atoms with Gasteiger partial charge in [0.1, 0.15) is 5.01 Å². The molecule has 0 fully saturated rings. The van der Waals surface area contributed by atoms with Gasteiger partial charge in [-0.15, -0.1) is 11.3 Å². The lowest BCUT2D eigenvalue weighted by Gasteiger charge is -2.30. The highest BCUT2D eigenvalue weighted by molar-refractivity contribution is 7.18. The van der Waals surface area contributed by atoms with E-state index >= 15 is 0 Å². The molecule has 1 aromatic heterocycles. The molecule has 0 spiro atoms. The van der Waals surface area contributed by atoms with E-state index < -0.39 is 0 Å². The summed E-state index contributed by atoms with van der Waals surface area (Å²) in [6.45, 7) is 12.4. The van der Waals surface area contributed by atoms with Crippen molar-refractivity contribution >= 4 is 21.6 Å². The van der Waals surface area contributed by atoms with Crippen molar-refractivity contribution in [3.63, 3.8) is 0 Å². The molecule has 1 N–H and O–H groups in total. The van der Waals surface area contributed by atoms with Crippen LogP contribution in [-0.4, -0.2) is 11.5 Å². The molecule has 0 saturated heterocycles. The van der Waals surface area contributed by atoms with Crippen LogP contribution in [0, 0.1) is 11.3 Å². The Balaban J connectivity index is 2.05. The van der Waals surface area contributed by atoms with E-state index in [1.807, 2.05) is 6.07 Å². The van der Waals surface area contributed by atoms with Crippen LogP contribution < -0.4 is 5.32 Å². The molecule has 0 bridgehead atoms. The number of hydrogen-bond donors (Lipinski definition) is 1.